The van der Waals surface area contributed by atoms with Gasteiger partial charge < -0.3 is 19.2 Å². The van der Waals surface area contributed by atoms with Crippen LogP contribution in [0.1, 0.15) is 11.3 Å². The van der Waals surface area contributed by atoms with Crippen LogP contribution in [-0.2, 0) is 6.54 Å². The summed E-state index contributed by atoms with van der Waals surface area (Å²) in [6, 6.07) is 12.2. The molecule has 0 saturated heterocycles. The second-order valence-corrected chi connectivity index (χ2v) is 6.06. The number of nitrogens with one attached hydrogen (secondary N) is 1. The van der Waals surface area contributed by atoms with E-state index in [2.05, 4.69) is 0 Å². The molecule has 124 valence electrons. The number of phenols is 1. The van der Waals surface area contributed by atoms with Crippen molar-refractivity contribution >= 4 is 11.0 Å². The first-order valence-corrected chi connectivity index (χ1v) is 7.77. The molecule has 0 radical (unpaired) electrons. The van der Waals surface area contributed by atoms with Crippen LogP contribution in [0.4, 0.5) is 0 Å². The van der Waals surface area contributed by atoms with Crippen LogP contribution in [0, 0.1) is 6.92 Å². The summed E-state index contributed by atoms with van der Waals surface area (Å²) >= 11 is 0. The molecule has 0 aliphatic carbocycles. The summed E-state index contributed by atoms with van der Waals surface area (Å²) in [7, 11) is 3.94. The van der Waals surface area contributed by atoms with Crippen molar-refractivity contribution in [3.63, 3.8) is 0 Å². The molecular weight excluding hydrogens is 306 g/mol. The first-order valence-electron chi connectivity index (χ1n) is 7.77. The Labute approximate surface area is 139 Å². The number of hydrogen-bond donors (Lipinski definition) is 2. The van der Waals surface area contributed by atoms with Crippen molar-refractivity contribution in [1.29, 1.82) is 0 Å². The lowest BCUT2D eigenvalue weighted by atomic mass is 10.1. The summed E-state index contributed by atoms with van der Waals surface area (Å²) in [4.78, 5) is 13.9. The lowest BCUT2D eigenvalue weighted by Crippen LogP contribution is -3.04. The molecule has 5 nitrogen and oxygen atoms in total. The summed E-state index contributed by atoms with van der Waals surface area (Å²) < 4.78 is 11.6. The number of phenolic OH excluding ortho intramolecular Hbond substituents is 1. The van der Waals surface area contributed by atoms with Gasteiger partial charge in [-0.15, -0.1) is 0 Å². The topological polar surface area (TPSA) is 64.1 Å². The third kappa shape index (κ3) is 2.98. The maximum absolute atomic E-state index is 12.8. The summed E-state index contributed by atoms with van der Waals surface area (Å²) in [6.45, 7) is 2.24. The Bertz CT molecular complexity index is 929. The van der Waals surface area contributed by atoms with Gasteiger partial charge in [0.15, 0.2) is 5.58 Å². The number of benzene rings is 2. The van der Waals surface area contributed by atoms with Gasteiger partial charge in [0.05, 0.1) is 25.0 Å². The normalized spacial score (nSPS) is 11.2. The number of hydrogen-bond acceptors (Lipinski definition) is 4. The summed E-state index contributed by atoms with van der Waals surface area (Å²) in [5, 5.41) is 10.5. The number of quaternary nitrogens is 1. The van der Waals surface area contributed by atoms with E-state index in [0.29, 0.717) is 34.6 Å². The molecule has 2 aromatic carbocycles. The highest BCUT2D eigenvalue weighted by molar-refractivity contribution is 5.83. The quantitative estimate of drug-likeness (QED) is 0.772. The minimum Gasteiger partial charge on any atom is -0.507 e. The Morgan fingerprint density at radius 3 is 2.50 bits per heavy atom. The van der Waals surface area contributed by atoms with Crippen molar-refractivity contribution in [2.75, 3.05) is 14.1 Å². The fourth-order valence-electron chi connectivity index (χ4n) is 2.64. The van der Waals surface area contributed by atoms with E-state index in [0.717, 1.165) is 4.90 Å². The van der Waals surface area contributed by atoms with E-state index < -0.39 is 0 Å². The van der Waals surface area contributed by atoms with Gasteiger partial charge >= 0.3 is 0 Å². The van der Waals surface area contributed by atoms with E-state index in [9.17, 15) is 9.90 Å². The zero-order valence-corrected chi connectivity index (χ0v) is 13.9. The Morgan fingerprint density at radius 2 is 1.83 bits per heavy atom. The van der Waals surface area contributed by atoms with E-state index in [-0.39, 0.29) is 16.9 Å². The molecule has 0 fully saturated rings. The van der Waals surface area contributed by atoms with E-state index in [1.165, 1.54) is 6.07 Å². The summed E-state index contributed by atoms with van der Waals surface area (Å²) in [6.07, 6.45) is 0. The van der Waals surface area contributed by atoms with Gasteiger partial charge in [-0.1, -0.05) is 18.2 Å². The first-order chi connectivity index (χ1) is 11.5. The van der Waals surface area contributed by atoms with Crippen LogP contribution in [0.5, 0.6) is 17.2 Å². The van der Waals surface area contributed by atoms with Gasteiger partial charge in [0, 0.05) is 0 Å². The van der Waals surface area contributed by atoms with Crippen molar-refractivity contribution in [2.24, 2.45) is 0 Å². The maximum Gasteiger partial charge on any atom is 0.235 e. The SMILES string of the molecule is Cc1oc2c(C[NH+](C)C)c(O)ccc2c(=O)c1Oc1ccccc1. The van der Waals surface area contributed by atoms with Crippen LogP contribution in [0.15, 0.2) is 51.7 Å². The molecule has 0 atom stereocenters. The minimum atomic E-state index is -0.243. The molecule has 2 N–H and O–H groups in total. The number of aryl methyl sites for hydroxylation is 1. The molecule has 0 amide bonds. The van der Waals surface area contributed by atoms with Gasteiger partial charge in [-0.05, 0) is 31.2 Å². The van der Waals surface area contributed by atoms with Crippen molar-refractivity contribution in [3.05, 3.63) is 64.0 Å². The highest BCUT2D eigenvalue weighted by Gasteiger charge is 2.19. The predicted octanol–water partition coefficient (Wildman–Crippen LogP) is 2.24. The van der Waals surface area contributed by atoms with Gasteiger partial charge in [0.1, 0.15) is 23.8 Å². The van der Waals surface area contributed by atoms with Crippen LogP contribution >= 0.6 is 0 Å². The maximum atomic E-state index is 12.8. The monoisotopic (exact) mass is 326 g/mol. The molecule has 0 unspecified atom stereocenters. The predicted molar refractivity (Wildman–Crippen MR) is 91.9 cm³/mol. The Kier molecular flexibility index (Phi) is 4.27. The van der Waals surface area contributed by atoms with Gasteiger partial charge in [-0.25, -0.2) is 0 Å². The fourth-order valence-corrected chi connectivity index (χ4v) is 2.64. The van der Waals surface area contributed by atoms with Crippen molar-refractivity contribution in [2.45, 2.75) is 13.5 Å². The van der Waals surface area contributed by atoms with Crippen LogP contribution in [0.2, 0.25) is 0 Å². The smallest absolute Gasteiger partial charge is 0.235 e. The van der Waals surface area contributed by atoms with Gasteiger partial charge in [-0.3, -0.25) is 4.79 Å². The van der Waals surface area contributed by atoms with Crippen molar-refractivity contribution < 1.29 is 19.2 Å². The molecular formula is C19H20NO4+. The molecule has 1 aromatic heterocycles. The summed E-state index contributed by atoms with van der Waals surface area (Å²) in [5.74, 6) is 1.26. The molecule has 0 aliphatic rings. The van der Waals surface area contributed by atoms with Gasteiger partial charge in [0.25, 0.3) is 0 Å². The molecule has 0 bridgehead atoms. The van der Waals surface area contributed by atoms with Crippen LogP contribution in [0.3, 0.4) is 0 Å². The Morgan fingerprint density at radius 1 is 1.12 bits per heavy atom. The highest BCUT2D eigenvalue weighted by Crippen LogP contribution is 2.30. The van der Waals surface area contributed by atoms with Gasteiger partial charge in [0.2, 0.25) is 11.2 Å². The van der Waals surface area contributed by atoms with Crippen LogP contribution in [-0.4, -0.2) is 19.2 Å². The highest BCUT2D eigenvalue weighted by atomic mass is 16.5. The summed E-state index contributed by atoms with van der Waals surface area (Å²) in [5.41, 5.74) is 0.797. The number of para-hydroxylation sites is 1. The van der Waals surface area contributed by atoms with E-state index in [1.54, 1.807) is 25.1 Å². The number of ether oxygens (including phenoxy) is 1. The Hall–Kier alpha value is -2.79. The van der Waals surface area contributed by atoms with E-state index in [4.69, 9.17) is 9.15 Å². The minimum absolute atomic E-state index is 0.128. The van der Waals surface area contributed by atoms with Crippen LogP contribution in [0.25, 0.3) is 11.0 Å². The Balaban J connectivity index is 2.18. The zero-order valence-electron chi connectivity index (χ0n) is 13.9. The van der Waals surface area contributed by atoms with E-state index >= 15 is 0 Å². The molecule has 0 saturated carbocycles. The van der Waals surface area contributed by atoms with Crippen LogP contribution < -0.4 is 15.1 Å². The van der Waals surface area contributed by atoms with Crippen molar-refractivity contribution in [1.82, 2.24) is 0 Å². The zero-order chi connectivity index (χ0) is 17.3. The molecule has 0 spiro atoms. The second-order valence-electron chi connectivity index (χ2n) is 6.06. The molecule has 0 aliphatic heterocycles. The molecule has 3 aromatic rings. The third-order valence-corrected chi connectivity index (χ3v) is 3.75. The number of aromatic hydroxyl groups is 1. The average Bonchev–Trinajstić information content (AvgIpc) is 2.55. The number of fused-ring (bicyclic) bond motifs is 1. The van der Waals surface area contributed by atoms with Crippen molar-refractivity contribution in [3.8, 4) is 17.2 Å². The molecule has 24 heavy (non-hydrogen) atoms. The fraction of sp³-hybridized carbons (Fsp3) is 0.211. The van der Waals surface area contributed by atoms with E-state index in [1.807, 2.05) is 32.3 Å². The molecule has 3 rings (SSSR count). The largest absolute Gasteiger partial charge is 0.507 e. The van der Waals surface area contributed by atoms with Gasteiger partial charge in [-0.2, -0.15) is 0 Å². The molecule has 1 heterocycles. The lowest BCUT2D eigenvalue weighted by molar-refractivity contribution is -0.872. The average molecular weight is 326 g/mol. The second kappa shape index (κ2) is 6.37. The first kappa shape index (κ1) is 16.1. The third-order valence-electron chi connectivity index (χ3n) is 3.75. The molecule has 5 heteroatoms. The number of rotatable bonds is 4. The standard InChI is InChI=1S/C19H19NO4/c1-12-18(24-13-7-5-4-6-8-13)17(22)14-9-10-16(21)15(11-20(2)3)19(14)23-12/h4-10,21H,11H2,1-3H3/p+1. The lowest BCUT2D eigenvalue weighted by Gasteiger charge is -2.13.